The predicted molar refractivity (Wildman–Crippen MR) is 79.3 cm³/mol. The Morgan fingerprint density at radius 1 is 1.42 bits per heavy atom. The van der Waals surface area contributed by atoms with Crippen LogP contribution in [0.4, 0.5) is 0 Å². The molecule has 19 heavy (non-hydrogen) atoms. The van der Waals surface area contributed by atoms with Crippen molar-refractivity contribution in [3.63, 3.8) is 0 Å². The van der Waals surface area contributed by atoms with Gasteiger partial charge in [0, 0.05) is 19.1 Å². The predicted octanol–water partition coefficient (Wildman–Crippen LogP) is 2.41. The van der Waals surface area contributed by atoms with Crippen LogP contribution in [0.3, 0.4) is 0 Å². The average molecular weight is 323 g/mol. The second-order valence-corrected chi connectivity index (χ2v) is 8.76. The third-order valence-electron chi connectivity index (χ3n) is 3.80. The van der Waals surface area contributed by atoms with Crippen LogP contribution in [0.25, 0.3) is 0 Å². The molecule has 0 radical (unpaired) electrons. The quantitative estimate of drug-likeness (QED) is 0.926. The zero-order valence-corrected chi connectivity index (χ0v) is 13.5. The Labute approximate surface area is 123 Å². The summed E-state index contributed by atoms with van der Waals surface area (Å²) >= 11 is 6.94. The number of halogens is 1. The molecule has 1 aliphatic rings. The van der Waals surface area contributed by atoms with Crippen LogP contribution in [-0.2, 0) is 10.0 Å². The highest BCUT2D eigenvalue weighted by atomic mass is 35.5. The Hall–Kier alpha value is -0.140. The molecule has 0 spiro atoms. The molecule has 4 nitrogen and oxygen atoms in total. The fourth-order valence-corrected chi connectivity index (χ4v) is 5.52. The molecule has 1 saturated heterocycles. The van der Waals surface area contributed by atoms with Gasteiger partial charge in [-0.15, -0.1) is 11.3 Å². The van der Waals surface area contributed by atoms with Crippen LogP contribution >= 0.6 is 22.9 Å². The van der Waals surface area contributed by atoms with Crippen molar-refractivity contribution in [3.05, 3.63) is 16.5 Å². The first kappa shape index (κ1) is 15.3. The summed E-state index contributed by atoms with van der Waals surface area (Å²) in [6.45, 7) is 3.33. The highest BCUT2D eigenvalue weighted by Gasteiger charge is 2.31. The maximum absolute atomic E-state index is 12.4. The summed E-state index contributed by atoms with van der Waals surface area (Å²) in [4.78, 5) is 0. The van der Waals surface area contributed by atoms with E-state index in [2.05, 4.69) is 12.2 Å². The molecule has 7 heteroatoms. The molecule has 0 bridgehead atoms. The van der Waals surface area contributed by atoms with Crippen molar-refractivity contribution < 1.29 is 8.42 Å². The molecule has 2 heterocycles. The Morgan fingerprint density at radius 2 is 2.05 bits per heavy atom. The lowest BCUT2D eigenvalue weighted by molar-refractivity contribution is 0.237. The summed E-state index contributed by atoms with van der Waals surface area (Å²) in [5, 5.41) is 3.24. The Balaban J connectivity index is 2.05. The number of hydrogen-bond acceptors (Lipinski definition) is 4. The summed E-state index contributed by atoms with van der Waals surface area (Å²) in [7, 11) is -1.40. The Morgan fingerprint density at radius 3 is 2.53 bits per heavy atom. The van der Waals surface area contributed by atoms with E-state index in [0.717, 1.165) is 24.2 Å². The molecular formula is C12H19ClN2O2S2. The lowest BCUT2D eigenvalue weighted by atomic mass is 9.91. The summed E-state index contributed by atoms with van der Waals surface area (Å²) in [5.74, 6) is 0.545. The van der Waals surface area contributed by atoms with E-state index in [0.29, 0.717) is 33.6 Å². The molecule has 2 rings (SSSR count). The van der Waals surface area contributed by atoms with E-state index in [1.807, 2.05) is 7.05 Å². The van der Waals surface area contributed by atoms with Crippen molar-refractivity contribution in [1.82, 2.24) is 9.62 Å². The molecule has 0 aliphatic carbocycles. The highest BCUT2D eigenvalue weighted by molar-refractivity contribution is 7.91. The van der Waals surface area contributed by atoms with Crippen molar-refractivity contribution >= 4 is 33.0 Å². The van der Waals surface area contributed by atoms with Crippen molar-refractivity contribution in [2.75, 3.05) is 20.1 Å². The first-order valence-corrected chi connectivity index (χ1v) is 9.01. The van der Waals surface area contributed by atoms with Gasteiger partial charge in [0.25, 0.3) is 10.0 Å². The van der Waals surface area contributed by atoms with Gasteiger partial charge in [-0.1, -0.05) is 11.6 Å². The first-order valence-electron chi connectivity index (χ1n) is 6.38. The van der Waals surface area contributed by atoms with Gasteiger partial charge < -0.3 is 5.32 Å². The minimum absolute atomic E-state index is 0.345. The largest absolute Gasteiger partial charge is 0.317 e. The molecule has 1 aromatic rings. The molecule has 0 aromatic carbocycles. The summed E-state index contributed by atoms with van der Waals surface area (Å²) in [6.07, 6.45) is 1.81. The first-order chi connectivity index (χ1) is 8.95. The zero-order valence-electron chi connectivity index (χ0n) is 11.1. The molecular weight excluding hydrogens is 304 g/mol. The van der Waals surface area contributed by atoms with Gasteiger partial charge in [-0.3, -0.25) is 0 Å². The minimum Gasteiger partial charge on any atom is -0.317 e. The smallest absolute Gasteiger partial charge is 0.252 e. The van der Waals surface area contributed by atoms with Crippen LogP contribution in [0, 0.1) is 5.92 Å². The maximum Gasteiger partial charge on any atom is 0.252 e. The molecule has 1 N–H and O–H groups in total. The molecule has 108 valence electrons. The van der Waals surface area contributed by atoms with Crippen molar-refractivity contribution in [3.8, 4) is 0 Å². The molecule has 1 fully saturated rings. The summed E-state index contributed by atoms with van der Waals surface area (Å²) in [6, 6.07) is 3.65. The van der Waals surface area contributed by atoms with Gasteiger partial charge in [0.2, 0.25) is 0 Å². The number of hydrogen-bond donors (Lipinski definition) is 1. The average Bonchev–Trinajstić information content (AvgIpc) is 2.85. The summed E-state index contributed by atoms with van der Waals surface area (Å²) < 4.78 is 27.3. The molecule has 1 atom stereocenters. The van der Waals surface area contributed by atoms with E-state index >= 15 is 0 Å². The van der Waals surface area contributed by atoms with Crippen molar-refractivity contribution in [2.45, 2.75) is 30.0 Å². The normalized spacial score (nSPS) is 20.6. The number of nitrogens with zero attached hydrogens (tertiary/aromatic N) is 1. The van der Waals surface area contributed by atoms with Crippen LogP contribution in [0.5, 0.6) is 0 Å². The summed E-state index contributed by atoms with van der Waals surface area (Å²) in [5.41, 5.74) is 0. The van der Waals surface area contributed by atoms with Gasteiger partial charge in [-0.25, -0.2) is 8.42 Å². The fraction of sp³-hybridized carbons (Fsp3) is 0.667. The number of piperidine rings is 1. The lowest BCUT2D eigenvalue weighted by Crippen LogP contribution is -2.43. The second-order valence-electron chi connectivity index (χ2n) is 4.88. The second kappa shape index (κ2) is 6.10. The van der Waals surface area contributed by atoms with Gasteiger partial charge in [0.05, 0.1) is 4.34 Å². The number of thiophene rings is 1. The lowest BCUT2D eigenvalue weighted by Gasteiger charge is -2.33. The molecule has 1 aromatic heterocycles. The van der Waals surface area contributed by atoms with Crippen LogP contribution < -0.4 is 5.32 Å². The number of rotatable bonds is 4. The van der Waals surface area contributed by atoms with E-state index in [9.17, 15) is 8.42 Å². The van der Waals surface area contributed by atoms with Gasteiger partial charge in [-0.05, 0) is 44.9 Å². The van der Waals surface area contributed by atoms with Gasteiger partial charge in [0.1, 0.15) is 4.21 Å². The third kappa shape index (κ3) is 3.31. The van der Waals surface area contributed by atoms with E-state index < -0.39 is 10.0 Å². The maximum atomic E-state index is 12.4. The van der Waals surface area contributed by atoms with E-state index in [1.165, 1.54) is 0 Å². The van der Waals surface area contributed by atoms with Crippen LogP contribution in [0.15, 0.2) is 16.3 Å². The Kier molecular flexibility index (Phi) is 4.89. The van der Waals surface area contributed by atoms with E-state index in [-0.39, 0.29) is 0 Å². The van der Waals surface area contributed by atoms with E-state index in [1.54, 1.807) is 16.4 Å². The highest BCUT2D eigenvalue weighted by Crippen LogP contribution is 2.31. The topological polar surface area (TPSA) is 49.4 Å². The SMILES string of the molecule is CNC(C)C1CCN(S(=O)(=O)c2ccc(Cl)s2)CC1. The van der Waals surface area contributed by atoms with E-state index in [4.69, 9.17) is 11.6 Å². The Bertz CT molecular complexity index is 522. The van der Waals surface area contributed by atoms with Crippen LogP contribution in [-0.4, -0.2) is 38.9 Å². The van der Waals surface area contributed by atoms with Crippen LogP contribution in [0.2, 0.25) is 4.34 Å². The zero-order chi connectivity index (χ0) is 14.0. The van der Waals surface area contributed by atoms with Gasteiger partial charge >= 0.3 is 0 Å². The number of nitrogens with one attached hydrogen (secondary N) is 1. The van der Waals surface area contributed by atoms with Gasteiger partial charge in [-0.2, -0.15) is 4.31 Å². The molecule has 0 amide bonds. The minimum atomic E-state index is -3.35. The monoisotopic (exact) mass is 322 g/mol. The van der Waals surface area contributed by atoms with Crippen molar-refractivity contribution in [2.24, 2.45) is 5.92 Å². The molecule has 1 unspecified atom stereocenters. The number of sulfonamides is 1. The van der Waals surface area contributed by atoms with Crippen molar-refractivity contribution in [1.29, 1.82) is 0 Å². The van der Waals surface area contributed by atoms with Crippen LogP contribution in [0.1, 0.15) is 19.8 Å². The molecule has 0 saturated carbocycles. The third-order valence-corrected chi connectivity index (χ3v) is 7.40. The standard InChI is InChI=1S/C12H19ClN2O2S2/c1-9(14-2)10-5-7-15(8-6-10)19(16,17)12-4-3-11(13)18-12/h3-4,9-10,14H,5-8H2,1-2H3. The molecule has 1 aliphatic heterocycles. The fourth-order valence-electron chi connectivity index (χ4n) is 2.42. The van der Waals surface area contributed by atoms with Gasteiger partial charge in [0.15, 0.2) is 0 Å².